The third-order valence-electron chi connectivity index (χ3n) is 5.04. The minimum Gasteiger partial charge on any atom is -0.494 e. The summed E-state index contributed by atoms with van der Waals surface area (Å²) in [6.45, 7) is 3.86. The molecule has 6 nitrogen and oxygen atoms in total. The minimum absolute atomic E-state index is 0.0816. The summed E-state index contributed by atoms with van der Waals surface area (Å²) in [6.07, 6.45) is 2.30. The zero-order valence-electron chi connectivity index (χ0n) is 14.2. The van der Waals surface area contributed by atoms with Gasteiger partial charge in [0.1, 0.15) is 5.75 Å². The molecule has 0 aliphatic carbocycles. The number of carbonyl (C=O) groups excluding carboxylic acids is 1. The van der Waals surface area contributed by atoms with E-state index < -0.39 is 15.4 Å². The average Bonchev–Trinajstić information content (AvgIpc) is 2.99. The van der Waals surface area contributed by atoms with Crippen LogP contribution in [0.25, 0.3) is 0 Å². The second kappa shape index (κ2) is 6.37. The Morgan fingerprint density at radius 3 is 2.54 bits per heavy atom. The third kappa shape index (κ3) is 2.91. The maximum atomic E-state index is 12.9. The van der Waals surface area contributed by atoms with E-state index in [0.717, 1.165) is 19.4 Å². The maximum Gasteiger partial charge on any atom is 0.243 e. The highest BCUT2D eigenvalue weighted by atomic mass is 32.2. The molecule has 3 rings (SSSR count). The van der Waals surface area contributed by atoms with E-state index in [1.165, 1.54) is 4.31 Å². The average molecular weight is 352 g/mol. The van der Waals surface area contributed by atoms with Gasteiger partial charge >= 0.3 is 0 Å². The number of nitrogens with zero attached hydrogens (tertiary/aromatic N) is 2. The largest absolute Gasteiger partial charge is 0.494 e. The Morgan fingerprint density at radius 2 is 1.88 bits per heavy atom. The number of rotatable bonds is 4. The first-order chi connectivity index (χ1) is 11.4. The normalized spacial score (nSPS) is 25.4. The molecule has 24 heavy (non-hydrogen) atoms. The van der Waals surface area contributed by atoms with Crippen LogP contribution in [0, 0.1) is 5.41 Å². The molecule has 0 radical (unpaired) electrons. The van der Waals surface area contributed by atoms with E-state index in [2.05, 4.69) is 0 Å². The van der Waals surface area contributed by atoms with E-state index in [-0.39, 0.29) is 17.3 Å². The molecule has 1 atom stereocenters. The van der Waals surface area contributed by atoms with Crippen LogP contribution in [0.2, 0.25) is 0 Å². The van der Waals surface area contributed by atoms with E-state index in [0.29, 0.717) is 25.3 Å². The lowest BCUT2D eigenvalue weighted by Gasteiger charge is -2.37. The van der Waals surface area contributed by atoms with E-state index in [9.17, 15) is 13.2 Å². The van der Waals surface area contributed by atoms with Crippen LogP contribution in [0.15, 0.2) is 29.2 Å². The number of ether oxygens (including phenoxy) is 1. The van der Waals surface area contributed by atoms with Crippen LogP contribution >= 0.6 is 0 Å². The van der Waals surface area contributed by atoms with Crippen LogP contribution in [-0.4, -0.2) is 56.8 Å². The number of carbonyl (C=O) groups is 1. The van der Waals surface area contributed by atoms with E-state index in [1.807, 2.05) is 6.92 Å². The summed E-state index contributed by atoms with van der Waals surface area (Å²) in [5.74, 6) is 0.733. The van der Waals surface area contributed by atoms with Gasteiger partial charge in [-0.25, -0.2) is 8.42 Å². The number of benzene rings is 1. The zero-order chi connectivity index (χ0) is 17.4. The Balaban J connectivity index is 1.80. The summed E-state index contributed by atoms with van der Waals surface area (Å²) >= 11 is 0. The third-order valence-corrected chi connectivity index (χ3v) is 6.90. The lowest BCUT2D eigenvalue weighted by atomic mass is 9.78. The van der Waals surface area contributed by atoms with Gasteiger partial charge in [0.15, 0.2) is 0 Å². The van der Waals surface area contributed by atoms with Crippen molar-refractivity contribution in [1.29, 1.82) is 0 Å². The van der Waals surface area contributed by atoms with Crippen molar-refractivity contribution in [2.45, 2.75) is 31.1 Å². The first-order valence-electron chi connectivity index (χ1n) is 8.38. The van der Waals surface area contributed by atoms with Gasteiger partial charge in [0.05, 0.1) is 16.9 Å². The summed E-state index contributed by atoms with van der Waals surface area (Å²) in [4.78, 5) is 14.5. The molecular formula is C17H24N2O4S. The molecular weight excluding hydrogens is 328 g/mol. The highest BCUT2D eigenvalue weighted by molar-refractivity contribution is 7.89. The van der Waals surface area contributed by atoms with Crippen molar-refractivity contribution >= 4 is 15.9 Å². The summed E-state index contributed by atoms with van der Waals surface area (Å²) in [7, 11) is -1.78. The zero-order valence-corrected chi connectivity index (χ0v) is 15.0. The molecule has 0 N–H and O–H groups in total. The smallest absolute Gasteiger partial charge is 0.243 e. The number of piperidine rings is 1. The Bertz CT molecular complexity index is 717. The molecule has 1 unspecified atom stereocenters. The molecule has 2 aliphatic heterocycles. The molecule has 0 saturated carbocycles. The SMILES string of the molecule is CCOc1ccc(S(=O)(=O)N2CCC3(CCCN(C)C3=O)C2)cc1. The van der Waals surface area contributed by atoms with Crippen molar-refractivity contribution in [3.8, 4) is 5.75 Å². The Hall–Kier alpha value is -1.60. The summed E-state index contributed by atoms with van der Waals surface area (Å²) in [5, 5.41) is 0. The fourth-order valence-electron chi connectivity index (χ4n) is 3.71. The highest BCUT2D eigenvalue weighted by Crippen LogP contribution is 2.41. The fourth-order valence-corrected chi connectivity index (χ4v) is 5.24. The predicted molar refractivity (Wildman–Crippen MR) is 90.3 cm³/mol. The van der Waals surface area contributed by atoms with Crippen LogP contribution in [0.3, 0.4) is 0 Å². The summed E-state index contributed by atoms with van der Waals surface area (Å²) in [5.41, 5.74) is -0.536. The molecule has 2 heterocycles. The van der Waals surface area contributed by atoms with Gasteiger partial charge in [0.2, 0.25) is 15.9 Å². The number of sulfonamides is 1. The number of hydrogen-bond donors (Lipinski definition) is 0. The van der Waals surface area contributed by atoms with Gasteiger partial charge in [0, 0.05) is 26.7 Å². The number of amides is 1. The van der Waals surface area contributed by atoms with Crippen LogP contribution < -0.4 is 4.74 Å². The van der Waals surface area contributed by atoms with Crippen LogP contribution in [0.1, 0.15) is 26.2 Å². The first kappa shape index (κ1) is 17.2. The van der Waals surface area contributed by atoms with Gasteiger partial charge in [-0.05, 0) is 50.5 Å². The van der Waals surface area contributed by atoms with Crippen molar-refractivity contribution in [1.82, 2.24) is 9.21 Å². The Kier molecular flexibility index (Phi) is 4.57. The van der Waals surface area contributed by atoms with Crippen LogP contribution in [-0.2, 0) is 14.8 Å². The van der Waals surface area contributed by atoms with E-state index >= 15 is 0 Å². The fraction of sp³-hybridized carbons (Fsp3) is 0.588. The summed E-state index contributed by atoms with van der Waals surface area (Å²) in [6, 6.07) is 6.48. The molecule has 2 fully saturated rings. The van der Waals surface area contributed by atoms with Crippen molar-refractivity contribution in [3.05, 3.63) is 24.3 Å². The molecule has 2 aliphatic rings. The van der Waals surface area contributed by atoms with Crippen LogP contribution in [0.5, 0.6) is 5.75 Å². The Labute approximate surface area is 143 Å². The predicted octanol–water partition coefficient (Wildman–Crippen LogP) is 1.72. The number of hydrogen-bond acceptors (Lipinski definition) is 4. The van der Waals surface area contributed by atoms with Gasteiger partial charge < -0.3 is 9.64 Å². The topological polar surface area (TPSA) is 66.9 Å². The van der Waals surface area contributed by atoms with Gasteiger partial charge in [-0.1, -0.05) is 0 Å². The molecule has 132 valence electrons. The second-order valence-electron chi connectivity index (χ2n) is 6.60. The van der Waals surface area contributed by atoms with Crippen molar-refractivity contribution in [2.75, 3.05) is 33.3 Å². The maximum absolute atomic E-state index is 12.9. The lowest BCUT2D eigenvalue weighted by molar-refractivity contribution is -0.143. The van der Waals surface area contributed by atoms with Crippen molar-refractivity contribution in [2.24, 2.45) is 5.41 Å². The molecule has 1 aromatic carbocycles. The van der Waals surface area contributed by atoms with Gasteiger partial charge in [0.25, 0.3) is 0 Å². The monoisotopic (exact) mass is 352 g/mol. The first-order valence-corrected chi connectivity index (χ1v) is 9.82. The molecule has 1 aromatic rings. The quantitative estimate of drug-likeness (QED) is 0.827. The molecule has 1 amide bonds. The summed E-state index contributed by atoms with van der Waals surface area (Å²) < 4.78 is 32.6. The number of likely N-dealkylation sites (tertiary alicyclic amines) is 1. The molecule has 1 spiro atoms. The molecule has 0 aromatic heterocycles. The van der Waals surface area contributed by atoms with Gasteiger partial charge in [-0.15, -0.1) is 0 Å². The van der Waals surface area contributed by atoms with Gasteiger partial charge in [-0.2, -0.15) is 4.31 Å². The molecule has 0 bridgehead atoms. The van der Waals surface area contributed by atoms with Crippen molar-refractivity contribution in [3.63, 3.8) is 0 Å². The molecule has 7 heteroatoms. The van der Waals surface area contributed by atoms with E-state index in [1.54, 1.807) is 36.2 Å². The standard InChI is InChI=1S/C17H24N2O4S/c1-3-23-14-5-7-15(8-6-14)24(21,22)19-12-10-17(13-19)9-4-11-18(2)16(17)20/h5-8H,3-4,9-13H2,1-2H3. The lowest BCUT2D eigenvalue weighted by Crippen LogP contribution is -2.48. The Morgan fingerprint density at radius 1 is 1.17 bits per heavy atom. The highest BCUT2D eigenvalue weighted by Gasteiger charge is 2.50. The van der Waals surface area contributed by atoms with Gasteiger partial charge in [-0.3, -0.25) is 4.79 Å². The van der Waals surface area contributed by atoms with E-state index in [4.69, 9.17) is 4.74 Å². The van der Waals surface area contributed by atoms with Crippen LogP contribution in [0.4, 0.5) is 0 Å². The minimum atomic E-state index is -3.58. The second-order valence-corrected chi connectivity index (χ2v) is 8.54. The molecule has 2 saturated heterocycles. The van der Waals surface area contributed by atoms with Crippen molar-refractivity contribution < 1.29 is 17.9 Å².